The SMILES string of the molecule is CCCCCCSC(c1ccccc1)(c1ccccc1)c1ccccc1.CCCCCCSC(c1ccccc1)(c1ccccc1)c1ccccc1.CCCN(CCSC(c1ccccc1)(c1ccccc1)c1ccccc1)C(=O)Cn1cc(C)c(=O)[nH]c1=O.Cc1cn(CC(=O)O)c(=O)[nH]c1=O.ClCCCCCCl. The number of halogens is 2. The number of aromatic amines is 2. The van der Waals surface area contributed by atoms with Crippen molar-refractivity contribution in [1.82, 2.24) is 24.0 Å². The molecule has 2 heterocycles. The number of carbonyl (C=O) groups excluding carboxylic acids is 1. The van der Waals surface area contributed by atoms with Crippen LogP contribution in [0.5, 0.6) is 0 Å². The molecule has 0 fully saturated rings. The van der Waals surface area contributed by atoms with Crippen LogP contribution in [0.25, 0.3) is 0 Å². The molecule has 12 nitrogen and oxygen atoms in total. The van der Waals surface area contributed by atoms with Gasteiger partial charge in [0.1, 0.15) is 13.1 Å². The fraction of sp³-hybridized carbons (Fsp3) is 0.312. The molecule has 2 aromatic heterocycles. The number of rotatable bonds is 35. The first-order chi connectivity index (χ1) is 53.6. The third-order valence-corrected chi connectivity index (χ3v) is 23.9. The Balaban J connectivity index is 0.000000207. The van der Waals surface area contributed by atoms with Crippen molar-refractivity contribution >= 4 is 70.4 Å². The van der Waals surface area contributed by atoms with Crippen LogP contribution >= 0.6 is 58.5 Å². The van der Waals surface area contributed by atoms with Gasteiger partial charge in [0.05, 0.1) is 14.2 Å². The molecule has 11 rings (SSSR count). The second-order valence-corrected chi connectivity index (χ2v) is 31.3. The van der Waals surface area contributed by atoms with Gasteiger partial charge in [0.25, 0.3) is 11.1 Å². The van der Waals surface area contributed by atoms with E-state index in [0.29, 0.717) is 30.0 Å². The van der Waals surface area contributed by atoms with Gasteiger partial charge in [0.15, 0.2) is 0 Å². The highest BCUT2D eigenvalue weighted by Gasteiger charge is 2.39. The van der Waals surface area contributed by atoms with Crippen molar-refractivity contribution in [3.05, 3.63) is 388 Å². The predicted molar refractivity (Wildman–Crippen MR) is 465 cm³/mol. The van der Waals surface area contributed by atoms with Crippen molar-refractivity contribution < 1.29 is 14.7 Å². The highest BCUT2D eigenvalue weighted by atomic mass is 35.5. The van der Waals surface area contributed by atoms with Crippen LogP contribution in [0.1, 0.15) is 159 Å². The molecular weight excluding hydrogens is 1470 g/mol. The molecule has 0 spiro atoms. The van der Waals surface area contributed by atoms with E-state index in [0.717, 1.165) is 35.6 Å². The van der Waals surface area contributed by atoms with E-state index < -0.39 is 39.8 Å². The van der Waals surface area contributed by atoms with Crippen molar-refractivity contribution in [2.75, 3.05) is 42.1 Å². The Morgan fingerprint density at radius 3 is 0.855 bits per heavy atom. The number of thioether (sulfide) groups is 3. The molecule has 0 saturated heterocycles. The van der Waals surface area contributed by atoms with Crippen molar-refractivity contribution in [2.24, 2.45) is 0 Å². The van der Waals surface area contributed by atoms with E-state index in [1.807, 2.05) is 35.0 Å². The van der Waals surface area contributed by atoms with Gasteiger partial charge in [-0.15, -0.1) is 58.5 Å². The molecule has 0 saturated carbocycles. The lowest BCUT2D eigenvalue weighted by atomic mass is 9.84. The number of H-pyrrole nitrogens is 2. The van der Waals surface area contributed by atoms with E-state index in [1.54, 1.807) is 18.7 Å². The maximum atomic E-state index is 13.3. The number of aliphatic carboxylic acids is 1. The molecule has 0 atom stereocenters. The van der Waals surface area contributed by atoms with Crippen molar-refractivity contribution in [3.8, 4) is 0 Å². The molecule has 0 unspecified atom stereocenters. The fourth-order valence-corrected chi connectivity index (χ4v) is 18.0. The van der Waals surface area contributed by atoms with Crippen molar-refractivity contribution in [3.63, 3.8) is 0 Å². The van der Waals surface area contributed by atoms with Crippen molar-refractivity contribution in [2.45, 2.75) is 139 Å². The molecule has 0 radical (unpaired) electrons. The second kappa shape index (κ2) is 48.5. The zero-order chi connectivity index (χ0) is 78.7. The average molecular weight is 1570 g/mol. The Morgan fingerprint density at radius 2 is 0.609 bits per heavy atom. The molecule has 9 aromatic carbocycles. The summed E-state index contributed by atoms with van der Waals surface area (Å²) in [6, 6.07) is 97.3. The van der Waals surface area contributed by atoms with Gasteiger partial charge < -0.3 is 10.0 Å². The summed E-state index contributed by atoms with van der Waals surface area (Å²) >= 11 is 16.7. The Kier molecular flexibility index (Phi) is 38.9. The largest absolute Gasteiger partial charge is 0.480 e. The standard InChI is InChI=1S/C31H33N3O3S.2C25H28S.C7H8N2O4.C5H10Cl2/c1-3-19-33(28(35)23-34-22-24(2)29(36)32-30(34)37)20-21-38-31(25-13-7-4-8-14-25,26-15-9-5-10-16-26)27-17-11-6-12-18-27;2*1-2-3-4-14-21-26-25(22-15-8-5-9-16-22,23-17-10-6-11-18-23)24-19-12-7-13-20-24;1-4-2-9(3-5(10)11)7(13)8-6(4)12;6-4-2-1-3-5-7/h4-18,22H,3,19-21,23H2,1-2H3,(H,32,36,37);2*5-13,15-20H,2-4,14,21H2,1H3;2H,3H2,1H3,(H,10,11)(H,8,12,13);1-5H2. The number of hydrogen-bond donors (Lipinski definition) is 3. The maximum Gasteiger partial charge on any atom is 0.328 e. The highest BCUT2D eigenvalue weighted by molar-refractivity contribution is 8.01. The summed E-state index contributed by atoms with van der Waals surface area (Å²) in [6.07, 6.45) is 17.3. The lowest BCUT2D eigenvalue weighted by Gasteiger charge is -2.36. The second-order valence-electron chi connectivity index (χ2n) is 26.6. The zero-order valence-corrected chi connectivity index (χ0v) is 68.2. The summed E-state index contributed by atoms with van der Waals surface area (Å²) in [4.78, 5) is 75.5. The molecule has 0 aliphatic rings. The first-order valence-electron chi connectivity index (χ1n) is 38.3. The van der Waals surface area contributed by atoms with Crippen LogP contribution in [-0.2, 0) is 36.9 Å². The highest BCUT2D eigenvalue weighted by Crippen LogP contribution is 2.51. The summed E-state index contributed by atoms with van der Waals surface area (Å²) in [5, 5.41) is 8.40. The predicted octanol–water partition coefficient (Wildman–Crippen LogP) is 21.0. The molecule has 578 valence electrons. The molecule has 17 heteroatoms. The summed E-state index contributed by atoms with van der Waals surface area (Å²) in [5.74, 6) is 3.29. The van der Waals surface area contributed by atoms with Crippen LogP contribution in [0.4, 0.5) is 0 Å². The number of alkyl halides is 2. The van der Waals surface area contributed by atoms with Gasteiger partial charge in [-0.2, -0.15) is 0 Å². The summed E-state index contributed by atoms with van der Waals surface area (Å²) in [6.45, 7) is 10.3. The monoisotopic (exact) mass is 1570 g/mol. The van der Waals surface area contributed by atoms with E-state index in [1.165, 1.54) is 143 Å². The fourth-order valence-electron chi connectivity index (χ4n) is 13.0. The molecule has 0 bridgehead atoms. The summed E-state index contributed by atoms with van der Waals surface area (Å²) in [7, 11) is 0. The molecule has 1 amide bonds. The number of carboxylic acids is 1. The molecular formula is C93H107Cl2N5O7S3. The lowest BCUT2D eigenvalue weighted by Crippen LogP contribution is -2.40. The van der Waals surface area contributed by atoms with E-state index in [9.17, 15) is 28.8 Å². The molecule has 11 aromatic rings. The Hall–Kier alpha value is -9.09. The quantitative estimate of drug-likeness (QED) is 0.0198. The smallest absolute Gasteiger partial charge is 0.328 e. The number of hydrogen-bond acceptors (Lipinski definition) is 9. The average Bonchev–Trinajstić information content (AvgIpc) is 0.770. The van der Waals surface area contributed by atoms with Gasteiger partial charge in [-0.1, -0.05) is 339 Å². The Morgan fingerprint density at radius 1 is 0.355 bits per heavy atom. The first kappa shape index (κ1) is 88.1. The number of nitrogens with zero attached hydrogens (tertiary/aromatic N) is 3. The number of carboxylic acid groups (broad SMARTS) is 1. The third-order valence-electron chi connectivity index (χ3n) is 18.5. The minimum Gasteiger partial charge on any atom is -0.480 e. The molecule has 0 aliphatic carbocycles. The maximum absolute atomic E-state index is 13.3. The Labute approximate surface area is 673 Å². The van der Waals surface area contributed by atoms with Gasteiger partial charge in [0, 0.05) is 54.1 Å². The van der Waals surface area contributed by atoms with Crippen LogP contribution < -0.4 is 22.5 Å². The number of amides is 1. The van der Waals surface area contributed by atoms with Crippen LogP contribution in [-0.4, -0.2) is 83.1 Å². The molecule has 3 N–H and O–H groups in total. The molecule has 0 aliphatic heterocycles. The number of benzene rings is 9. The van der Waals surface area contributed by atoms with Gasteiger partial charge in [-0.25, -0.2) is 9.59 Å². The van der Waals surface area contributed by atoms with E-state index in [4.69, 9.17) is 28.3 Å². The van der Waals surface area contributed by atoms with Crippen LogP contribution in [0.15, 0.2) is 305 Å². The zero-order valence-electron chi connectivity index (χ0n) is 64.2. The van der Waals surface area contributed by atoms with E-state index in [2.05, 4.69) is 297 Å². The topological polar surface area (TPSA) is 167 Å². The van der Waals surface area contributed by atoms with Crippen LogP contribution in [0.3, 0.4) is 0 Å². The number of aryl methyl sites for hydroxylation is 2. The third kappa shape index (κ3) is 26.0. The molecule has 110 heavy (non-hydrogen) atoms. The van der Waals surface area contributed by atoms with E-state index in [-0.39, 0.29) is 21.9 Å². The first-order valence-corrected chi connectivity index (χ1v) is 42.3. The van der Waals surface area contributed by atoms with E-state index >= 15 is 0 Å². The summed E-state index contributed by atoms with van der Waals surface area (Å²) < 4.78 is 1.43. The van der Waals surface area contributed by atoms with Crippen LogP contribution in [0, 0.1) is 13.8 Å². The lowest BCUT2D eigenvalue weighted by molar-refractivity contribution is -0.137. The van der Waals surface area contributed by atoms with Crippen molar-refractivity contribution in [1.29, 1.82) is 0 Å². The number of nitrogens with one attached hydrogen (secondary N) is 2. The minimum absolute atomic E-state index is 0.109. The number of carbonyl (C=O) groups is 2. The Bertz CT molecular complexity index is 4210. The van der Waals surface area contributed by atoms with Gasteiger partial charge in [-0.05, 0) is 108 Å². The van der Waals surface area contributed by atoms with Crippen LogP contribution in [0.2, 0.25) is 0 Å². The summed E-state index contributed by atoms with van der Waals surface area (Å²) in [5.41, 5.74) is 10.2. The normalized spacial score (nSPS) is 11.1. The number of unbranched alkanes of at least 4 members (excludes halogenated alkanes) is 8. The van der Waals surface area contributed by atoms with Gasteiger partial charge >= 0.3 is 17.3 Å². The number of aromatic nitrogens is 4. The minimum atomic E-state index is -1.13. The van der Waals surface area contributed by atoms with Gasteiger partial charge in [0.2, 0.25) is 5.91 Å². The van der Waals surface area contributed by atoms with Gasteiger partial charge in [-0.3, -0.25) is 38.3 Å².